The lowest BCUT2D eigenvalue weighted by molar-refractivity contribution is 0.424. The average molecular weight is 210 g/mol. The van der Waals surface area contributed by atoms with Crippen LogP contribution in [0.5, 0.6) is 0 Å². The summed E-state index contributed by atoms with van der Waals surface area (Å²) >= 11 is 0.935. The predicted molar refractivity (Wildman–Crippen MR) is 56.3 cm³/mol. The van der Waals surface area contributed by atoms with Crippen LogP contribution < -0.4 is 5.46 Å². The summed E-state index contributed by atoms with van der Waals surface area (Å²) in [5.41, 5.74) is 0.842. The molecule has 1 aromatic carbocycles. The summed E-state index contributed by atoms with van der Waals surface area (Å²) in [5.74, 6) is 0. The molecule has 0 bridgehead atoms. The van der Waals surface area contributed by atoms with Crippen LogP contribution in [0.4, 0.5) is 4.39 Å². The molecule has 0 unspecified atom stereocenters. The van der Waals surface area contributed by atoms with Crippen LogP contribution in [0.15, 0.2) is 18.2 Å². The van der Waals surface area contributed by atoms with Gasteiger partial charge < -0.3 is 10.0 Å². The Morgan fingerprint density at radius 1 is 1.36 bits per heavy atom. The molecular weight excluding hydrogens is 202 g/mol. The largest absolute Gasteiger partial charge is 0.493 e. The molecule has 1 aromatic heterocycles. The Labute approximate surface area is 84.8 Å². The smallest absolute Gasteiger partial charge is 0.423 e. The highest BCUT2D eigenvalue weighted by Crippen LogP contribution is 2.25. The van der Waals surface area contributed by atoms with Gasteiger partial charge in [-0.2, -0.15) is 4.39 Å². The Kier molecular flexibility index (Phi) is 2.30. The van der Waals surface area contributed by atoms with Crippen molar-refractivity contribution in [1.29, 1.82) is 0 Å². The molecule has 2 rings (SSSR count). The molecule has 5 heteroatoms. The molecule has 0 radical (unpaired) electrons. The third-order valence-corrected chi connectivity index (χ3v) is 3.13. The summed E-state index contributed by atoms with van der Waals surface area (Å²) in [6, 6.07) is 5.41. The highest BCUT2D eigenvalue weighted by atomic mass is 32.1. The van der Waals surface area contributed by atoms with Gasteiger partial charge in [0, 0.05) is 10.2 Å². The number of benzene rings is 1. The van der Waals surface area contributed by atoms with E-state index in [2.05, 4.69) is 0 Å². The Bertz CT molecular complexity index is 481. The molecule has 2 nitrogen and oxygen atoms in total. The normalized spacial score (nSPS) is 10.9. The molecule has 0 aliphatic heterocycles. The van der Waals surface area contributed by atoms with Gasteiger partial charge >= 0.3 is 7.12 Å². The van der Waals surface area contributed by atoms with E-state index in [0.717, 1.165) is 21.6 Å². The molecule has 0 saturated heterocycles. The minimum Gasteiger partial charge on any atom is -0.423 e. The number of fused-ring (bicyclic) bond motifs is 1. The minimum absolute atomic E-state index is 0.0110. The molecule has 0 spiro atoms. The van der Waals surface area contributed by atoms with Crippen LogP contribution in [0.1, 0.15) is 5.56 Å². The Hall–Kier alpha value is -0.905. The summed E-state index contributed by atoms with van der Waals surface area (Å²) in [7, 11) is -1.75. The van der Waals surface area contributed by atoms with Crippen LogP contribution in [0.3, 0.4) is 0 Å². The van der Waals surface area contributed by atoms with Crippen molar-refractivity contribution in [2.75, 3.05) is 0 Å². The van der Waals surface area contributed by atoms with Gasteiger partial charge in [0.25, 0.3) is 0 Å². The first-order valence-corrected chi connectivity index (χ1v) is 4.96. The van der Waals surface area contributed by atoms with E-state index in [9.17, 15) is 4.39 Å². The molecule has 14 heavy (non-hydrogen) atoms. The van der Waals surface area contributed by atoms with Crippen molar-refractivity contribution >= 4 is 34.0 Å². The van der Waals surface area contributed by atoms with Crippen molar-refractivity contribution in [3.8, 4) is 0 Å². The average Bonchev–Trinajstić information content (AvgIpc) is 2.42. The predicted octanol–water partition coefficient (Wildman–Crippen LogP) is 1.03. The molecule has 1 heterocycles. The molecule has 0 atom stereocenters. The lowest BCUT2D eigenvalue weighted by Crippen LogP contribution is -2.31. The van der Waals surface area contributed by atoms with Crippen molar-refractivity contribution in [2.45, 2.75) is 6.92 Å². The summed E-state index contributed by atoms with van der Waals surface area (Å²) in [6.07, 6.45) is 0. The summed E-state index contributed by atoms with van der Waals surface area (Å²) < 4.78 is 14.1. The van der Waals surface area contributed by atoms with Crippen LogP contribution in [-0.4, -0.2) is 17.2 Å². The van der Waals surface area contributed by atoms with Crippen molar-refractivity contribution < 1.29 is 14.4 Å². The van der Waals surface area contributed by atoms with Crippen LogP contribution >= 0.6 is 11.3 Å². The third-order valence-electron chi connectivity index (χ3n) is 2.17. The molecule has 72 valence electrons. The van der Waals surface area contributed by atoms with Gasteiger partial charge in [0.05, 0.1) is 0 Å². The van der Waals surface area contributed by atoms with Gasteiger partial charge in [-0.25, -0.2) is 0 Å². The van der Waals surface area contributed by atoms with Crippen LogP contribution in [0.25, 0.3) is 10.1 Å². The Morgan fingerprint density at radius 2 is 2.07 bits per heavy atom. The minimum atomic E-state index is -1.75. The second kappa shape index (κ2) is 3.35. The number of hydrogen-bond acceptors (Lipinski definition) is 3. The maximum Gasteiger partial charge on any atom is 0.493 e. The number of halogens is 1. The van der Waals surface area contributed by atoms with E-state index in [1.165, 1.54) is 0 Å². The molecule has 0 aliphatic rings. The Balaban J connectivity index is 2.86. The zero-order valence-electron chi connectivity index (χ0n) is 7.49. The molecule has 0 amide bonds. The molecule has 0 saturated carbocycles. The SMILES string of the molecule is Cc1cccc2sc(F)c(B(O)O)c12. The second-order valence-electron chi connectivity index (χ2n) is 3.11. The molecule has 2 N–H and O–H groups in total. The van der Waals surface area contributed by atoms with Gasteiger partial charge in [-0.05, 0) is 23.9 Å². The lowest BCUT2D eigenvalue weighted by atomic mass is 9.79. The van der Waals surface area contributed by atoms with E-state index in [4.69, 9.17) is 10.0 Å². The van der Waals surface area contributed by atoms with Crippen LogP contribution in [0, 0.1) is 12.1 Å². The molecular formula is C9H8BFO2S. The summed E-state index contributed by atoms with van der Waals surface area (Å²) in [5, 5.41) is 18.2. The van der Waals surface area contributed by atoms with E-state index in [-0.39, 0.29) is 5.46 Å². The van der Waals surface area contributed by atoms with Gasteiger partial charge in [-0.3, -0.25) is 0 Å². The quantitative estimate of drug-likeness (QED) is 0.690. The third kappa shape index (κ3) is 1.34. The molecule has 0 aliphatic carbocycles. The topological polar surface area (TPSA) is 40.5 Å². The number of aryl methyl sites for hydroxylation is 1. The van der Waals surface area contributed by atoms with Gasteiger partial charge in [-0.1, -0.05) is 12.1 Å². The maximum absolute atomic E-state index is 13.3. The fraction of sp³-hybridized carbons (Fsp3) is 0.111. The van der Waals surface area contributed by atoms with Gasteiger partial charge in [0.2, 0.25) is 0 Å². The maximum atomic E-state index is 13.3. The lowest BCUT2D eigenvalue weighted by Gasteiger charge is -2.00. The van der Waals surface area contributed by atoms with E-state index in [1.54, 1.807) is 6.07 Å². The first kappa shape index (κ1) is 9.64. The summed E-state index contributed by atoms with van der Waals surface area (Å²) in [6.45, 7) is 1.82. The second-order valence-corrected chi connectivity index (χ2v) is 4.11. The van der Waals surface area contributed by atoms with Gasteiger partial charge in [0.1, 0.15) is 0 Å². The van der Waals surface area contributed by atoms with E-state index in [1.807, 2.05) is 19.1 Å². The van der Waals surface area contributed by atoms with Crippen molar-refractivity contribution in [1.82, 2.24) is 0 Å². The fourth-order valence-corrected chi connectivity index (χ4v) is 2.58. The van der Waals surface area contributed by atoms with Crippen LogP contribution in [0.2, 0.25) is 0 Å². The zero-order chi connectivity index (χ0) is 10.3. The molecule has 0 fully saturated rings. The first-order chi connectivity index (χ1) is 6.61. The highest BCUT2D eigenvalue weighted by Gasteiger charge is 2.23. The van der Waals surface area contributed by atoms with E-state index >= 15 is 0 Å². The van der Waals surface area contributed by atoms with Crippen molar-refractivity contribution in [2.24, 2.45) is 0 Å². The monoisotopic (exact) mass is 210 g/mol. The number of rotatable bonds is 1. The Morgan fingerprint density at radius 3 is 2.71 bits per heavy atom. The number of thiophene rings is 1. The first-order valence-electron chi connectivity index (χ1n) is 4.15. The van der Waals surface area contributed by atoms with E-state index in [0.29, 0.717) is 5.39 Å². The number of hydrogen-bond donors (Lipinski definition) is 2. The standard InChI is InChI=1S/C9H8BFO2S/c1-5-3-2-4-6-7(5)8(10(12)13)9(11)14-6/h2-4,12-13H,1H3. The van der Waals surface area contributed by atoms with Crippen molar-refractivity contribution in [3.05, 3.63) is 28.9 Å². The highest BCUT2D eigenvalue weighted by molar-refractivity contribution is 7.19. The van der Waals surface area contributed by atoms with Gasteiger partial charge in [0.15, 0.2) is 5.13 Å². The van der Waals surface area contributed by atoms with E-state index < -0.39 is 12.2 Å². The summed E-state index contributed by atoms with van der Waals surface area (Å²) in [4.78, 5) is 0. The zero-order valence-corrected chi connectivity index (χ0v) is 8.31. The fourth-order valence-electron chi connectivity index (χ4n) is 1.55. The molecule has 2 aromatic rings. The van der Waals surface area contributed by atoms with Gasteiger partial charge in [-0.15, -0.1) is 11.3 Å². The van der Waals surface area contributed by atoms with Crippen LogP contribution in [-0.2, 0) is 0 Å². The van der Waals surface area contributed by atoms with Crippen molar-refractivity contribution in [3.63, 3.8) is 0 Å².